The fourth-order valence-corrected chi connectivity index (χ4v) is 1.95. The molecule has 0 aliphatic carbocycles. The first kappa shape index (κ1) is 14.6. The Balaban J connectivity index is 2.77. The fraction of sp³-hybridized carbons (Fsp3) is 0.385. The van der Waals surface area contributed by atoms with E-state index in [9.17, 15) is 9.59 Å². The minimum atomic E-state index is -1.00. The van der Waals surface area contributed by atoms with E-state index in [2.05, 4.69) is 12.6 Å². The number of aliphatic carboxylic acids is 1. The van der Waals surface area contributed by atoms with Crippen molar-refractivity contribution < 1.29 is 19.8 Å². The van der Waals surface area contributed by atoms with Crippen LogP contribution in [0.5, 0.6) is 0 Å². The summed E-state index contributed by atoms with van der Waals surface area (Å²) in [4.78, 5) is 21.9. The van der Waals surface area contributed by atoms with Gasteiger partial charge in [0.15, 0.2) is 0 Å². The minimum Gasteiger partial charge on any atom is -0.481 e. The summed E-state index contributed by atoms with van der Waals surface area (Å²) in [5.41, 5.74) is 0.923. The van der Waals surface area contributed by atoms with Crippen molar-refractivity contribution in [3.8, 4) is 0 Å². The summed E-state index contributed by atoms with van der Waals surface area (Å²) >= 11 is 4.06. The van der Waals surface area contributed by atoms with Crippen molar-refractivity contribution in [2.75, 3.05) is 5.75 Å². The summed E-state index contributed by atoms with van der Waals surface area (Å²) in [5, 5.41) is 18.0. The van der Waals surface area contributed by atoms with Gasteiger partial charge in [-0.25, -0.2) is 4.79 Å². The second-order valence-electron chi connectivity index (χ2n) is 4.11. The molecule has 0 heterocycles. The molecule has 1 rings (SSSR count). The van der Waals surface area contributed by atoms with Crippen molar-refractivity contribution in [3.63, 3.8) is 0 Å². The van der Waals surface area contributed by atoms with Gasteiger partial charge in [-0.15, -0.1) is 0 Å². The second-order valence-corrected chi connectivity index (χ2v) is 4.56. The molecule has 0 aliphatic heterocycles. The first-order valence-corrected chi connectivity index (χ1v) is 6.33. The second kappa shape index (κ2) is 7.06. The molecule has 2 N–H and O–H groups in total. The molecule has 0 unspecified atom stereocenters. The number of aromatic carboxylic acids is 1. The molecule has 0 radical (unpaired) electrons. The van der Waals surface area contributed by atoms with E-state index in [0.29, 0.717) is 18.6 Å². The lowest BCUT2D eigenvalue weighted by molar-refractivity contribution is -0.141. The monoisotopic (exact) mass is 268 g/mol. The zero-order chi connectivity index (χ0) is 13.5. The number of hydrogen-bond donors (Lipinski definition) is 3. The van der Waals surface area contributed by atoms with Crippen LogP contribution in [-0.2, 0) is 11.2 Å². The highest BCUT2D eigenvalue weighted by molar-refractivity contribution is 7.80. The summed E-state index contributed by atoms with van der Waals surface area (Å²) in [5.74, 6) is -1.68. The summed E-state index contributed by atoms with van der Waals surface area (Å²) in [6.45, 7) is 0. The van der Waals surface area contributed by atoms with Crippen molar-refractivity contribution in [1.29, 1.82) is 0 Å². The van der Waals surface area contributed by atoms with E-state index < -0.39 is 17.9 Å². The molecule has 1 atom stereocenters. The third-order valence-electron chi connectivity index (χ3n) is 2.72. The lowest BCUT2D eigenvalue weighted by Crippen LogP contribution is -2.17. The first-order valence-electron chi connectivity index (χ1n) is 5.70. The van der Waals surface area contributed by atoms with Gasteiger partial charge < -0.3 is 10.2 Å². The third-order valence-corrected chi connectivity index (χ3v) is 3.03. The topological polar surface area (TPSA) is 74.6 Å². The van der Waals surface area contributed by atoms with Crippen LogP contribution >= 0.6 is 12.6 Å². The Morgan fingerprint density at radius 1 is 1.28 bits per heavy atom. The Morgan fingerprint density at radius 3 is 2.56 bits per heavy atom. The number of hydrogen-bond acceptors (Lipinski definition) is 3. The molecule has 0 spiro atoms. The number of benzene rings is 1. The summed E-state index contributed by atoms with van der Waals surface area (Å²) in [7, 11) is 0. The van der Waals surface area contributed by atoms with Gasteiger partial charge in [0.05, 0.1) is 11.5 Å². The van der Waals surface area contributed by atoms with Crippen LogP contribution < -0.4 is 0 Å². The predicted octanol–water partition coefficient (Wildman–Crippen LogP) is 2.34. The highest BCUT2D eigenvalue weighted by Crippen LogP contribution is 2.16. The van der Waals surface area contributed by atoms with E-state index in [0.717, 1.165) is 12.0 Å². The molecule has 0 aliphatic rings. The average molecular weight is 268 g/mol. The Morgan fingerprint density at radius 2 is 2.00 bits per heavy atom. The zero-order valence-electron chi connectivity index (χ0n) is 9.87. The van der Waals surface area contributed by atoms with Crippen LogP contribution in [0.25, 0.3) is 0 Å². The van der Waals surface area contributed by atoms with Gasteiger partial charge in [0, 0.05) is 0 Å². The molecule has 0 saturated carbocycles. The molecule has 18 heavy (non-hydrogen) atoms. The maximum Gasteiger partial charge on any atom is 0.335 e. The standard InChI is InChI=1S/C13H16O4S/c14-12(15)10-4-1-3-9(7-10)8-11(13(16)17)5-2-6-18/h1,3-4,7,11,18H,2,5-6,8H2,(H,14,15)(H,16,17)/t11-/m0/s1. The van der Waals surface area contributed by atoms with Crippen LogP contribution in [0.4, 0.5) is 0 Å². The molecule has 0 aromatic heterocycles. The van der Waals surface area contributed by atoms with Crippen LogP contribution in [0.15, 0.2) is 24.3 Å². The SMILES string of the molecule is O=C(O)c1cccc(C[C@H](CCCS)C(=O)O)c1. The van der Waals surface area contributed by atoms with Gasteiger partial charge in [-0.1, -0.05) is 12.1 Å². The Hall–Kier alpha value is -1.49. The molecule has 5 heteroatoms. The van der Waals surface area contributed by atoms with Gasteiger partial charge in [-0.05, 0) is 42.7 Å². The van der Waals surface area contributed by atoms with Crippen LogP contribution in [0.3, 0.4) is 0 Å². The van der Waals surface area contributed by atoms with Gasteiger partial charge >= 0.3 is 11.9 Å². The maximum absolute atomic E-state index is 11.1. The number of carboxylic acids is 2. The molecular weight excluding hydrogens is 252 g/mol. The minimum absolute atomic E-state index is 0.186. The zero-order valence-corrected chi connectivity index (χ0v) is 10.8. The average Bonchev–Trinajstić information content (AvgIpc) is 2.34. The predicted molar refractivity (Wildman–Crippen MR) is 71.3 cm³/mol. The molecule has 0 saturated heterocycles. The fourth-order valence-electron chi connectivity index (χ4n) is 1.77. The normalized spacial score (nSPS) is 12.1. The Kier molecular flexibility index (Phi) is 5.71. The highest BCUT2D eigenvalue weighted by atomic mass is 32.1. The van der Waals surface area contributed by atoms with Crippen LogP contribution in [0.2, 0.25) is 0 Å². The summed E-state index contributed by atoms with van der Waals surface area (Å²) in [6, 6.07) is 6.41. The number of thiol groups is 1. The van der Waals surface area contributed by atoms with E-state index >= 15 is 0 Å². The molecule has 0 bridgehead atoms. The molecule has 0 fully saturated rings. The van der Waals surface area contributed by atoms with Gasteiger partial charge in [0.2, 0.25) is 0 Å². The largest absolute Gasteiger partial charge is 0.481 e. The Labute approximate surface area is 111 Å². The van der Waals surface area contributed by atoms with Crippen LogP contribution in [-0.4, -0.2) is 27.9 Å². The van der Waals surface area contributed by atoms with E-state index in [-0.39, 0.29) is 5.56 Å². The molecule has 0 amide bonds. The lowest BCUT2D eigenvalue weighted by atomic mass is 9.94. The first-order chi connectivity index (χ1) is 8.54. The molecule has 1 aromatic carbocycles. The highest BCUT2D eigenvalue weighted by Gasteiger charge is 2.17. The van der Waals surface area contributed by atoms with Gasteiger partial charge in [0.25, 0.3) is 0 Å². The van der Waals surface area contributed by atoms with E-state index in [1.807, 2.05) is 0 Å². The molecule has 98 valence electrons. The van der Waals surface area contributed by atoms with Gasteiger partial charge in [0.1, 0.15) is 0 Å². The molecule has 4 nitrogen and oxygen atoms in total. The maximum atomic E-state index is 11.1. The number of rotatable bonds is 7. The third kappa shape index (κ3) is 4.41. The van der Waals surface area contributed by atoms with Gasteiger partial charge in [-0.3, -0.25) is 4.79 Å². The lowest BCUT2D eigenvalue weighted by Gasteiger charge is -2.12. The molecule has 1 aromatic rings. The smallest absolute Gasteiger partial charge is 0.335 e. The van der Waals surface area contributed by atoms with E-state index in [1.54, 1.807) is 12.1 Å². The Bertz CT molecular complexity index is 431. The molecular formula is C13H16O4S. The van der Waals surface area contributed by atoms with Crippen molar-refractivity contribution >= 4 is 24.6 Å². The van der Waals surface area contributed by atoms with Crippen molar-refractivity contribution in [1.82, 2.24) is 0 Å². The summed E-state index contributed by atoms with van der Waals surface area (Å²) in [6.07, 6.45) is 1.64. The summed E-state index contributed by atoms with van der Waals surface area (Å²) < 4.78 is 0. The van der Waals surface area contributed by atoms with Crippen molar-refractivity contribution in [2.24, 2.45) is 5.92 Å². The number of carbonyl (C=O) groups is 2. The van der Waals surface area contributed by atoms with Crippen LogP contribution in [0, 0.1) is 5.92 Å². The van der Waals surface area contributed by atoms with E-state index in [1.165, 1.54) is 12.1 Å². The van der Waals surface area contributed by atoms with Crippen molar-refractivity contribution in [3.05, 3.63) is 35.4 Å². The number of carboxylic acid groups (broad SMARTS) is 2. The van der Waals surface area contributed by atoms with Gasteiger partial charge in [-0.2, -0.15) is 12.6 Å². The van der Waals surface area contributed by atoms with Crippen molar-refractivity contribution in [2.45, 2.75) is 19.3 Å². The van der Waals surface area contributed by atoms with Crippen LogP contribution in [0.1, 0.15) is 28.8 Å². The quantitative estimate of drug-likeness (QED) is 0.663. The van der Waals surface area contributed by atoms with E-state index in [4.69, 9.17) is 10.2 Å².